The number of nitrogens with zero attached hydrogens (tertiary/aromatic N) is 1. The normalized spacial score (nSPS) is 14.5. The molecule has 0 spiro atoms. The third-order valence-electron chi connectivity index (χ3n) is 3.03. The van der Waals surface area contributed by atoms with Crippen LogP contribution in [-0.4, -0.2) is 36.3 Å². The summed E-state index contributed by atoms with van der Waals surface area (Å²) in [6, 6.07) is 4.63. The largest absolute Gasteiger partial charge is 0.343 e. The van der Waals surface area contributed by atoms with Crippen molar-refractivity contribution in [1.29, 1.82) is 0 Å². The van der Waals surface area contributed by atoms with Gasteiger partial charge in [-0.1, -0.05) is 23.2 Å². The van der Waals surface area contributed by atoms with Crippen LogP contribution in [0.4, 0.5) is 0 Å². The Kier molecular flexibility index (Phi) is 4.66. The van der Waals surface area contributed by atoms with Gasteiger partial charge < -0.3 is 10.2 Å². The molecule has 1 aliphatic heterocycles. The number of nitrogens with one attached hydrogen (secondary N) is 1. The van der Waals surface area contributed by atoms with Crippen LogP contribution in [0.5, 0.6) is 0 Å². The van der Waals surface area contributed by atoms with Gasteiger partial charge in [0.15, 0.2) is 0 Å². The topological polar surface area (TPSA) is 49.4 Å². The van der Waals surface area contributed by atoms with Gasteiger partial charge in [-0.25, -0.2) is 0 Å². The molecule has 2 amide bonds. The van der Waals surface area contributed by atoms with Crippen LogP contribution in [0.2, 0.25) is 10.0 Å². The van der Waals surface area contributed by atoms with E-state index in [2.05, 4.69) is 5.32 Å². The Hall–Kier alpha value is -1.26. The maximum absolute atomic E-state index is 11.9. The fourth-order valence-corrected chi connectivity index (χ4v) is 2.50. The Morgan fingerprint density at radius 3 is 2.53 bits per heavy atom. The van der Waals surface area contributed by atoms with Gasteiger partial charge in [0, 0.05) is 18.1 Å². The zero-order valence-corrected chi connectivity index (χ0v) is 11.8. The molecule has 0 bridgehead atoms. The second-order valence-electron chi connectivity index (χ2n) is 4.39. The van der Waals surface area contributed by atoms with Gasteiger partial charge >= 0.3 is 0 Å². The minimum atomic E-state index is -0.366. The minimum absolute atomic E-state index is 0.00219. The summed E-state index contributed by atoms with van der Waals surface area (Å²) in [5, 5.41) is 3.32. The summed E-state index contributed by atoms with van der Waals surface area (Å²) in [5.41, 5.74) is 0.320. The number of likely N-dealkylation sites (tertiary alicyclic amines) is 1. The lowest BCUT2D eigenvalue weighted by Crippen LogP contribution is -2.38. The molecule has 0 atom stereocenters. The molecule has 0 saturated carbocycles. The molecule has 1 aromatic rings. The van der Waals surface area contributed by atoms with Crippen molar-refractivity contribution < 1.29 is 9.59 Å². The number of halogens is 2. The van der Waals surface area contributed by atoms with Crippen LogP contribution in [0.15, 0.2) is 18.2 Å². The quantitative estimate of drug-likeness (QED) is 0.931. The second kappa shape index (κ2) is 6.26. The predicted molar refractivity (Wildman–Crippen MR) is 74.6 cm³/mol. The molecule has 102 valence electrons. The number of carbonyl (C=O) groups is 2. The Labute approximate surface area is 121 Å². The lowest BCUT2D eigenvalue weighted by Gasteiger charge is -2.15. The Morgan fingerprint density at radius 2 is 1.89 bits per heavy atom. The van der Waals surface area contributed by atoms with E-state index in [1.165, 1.54) is 6.07 Å². The zero-order valence-electron chi connectivity index (χ0n) is 10.3. The monoisotopic (exact) mass is 300 g/mol. The van der Waals surface area contributed by atoms with Crippen molar-refractivity contribution in [2.24, 2.45) is 0 Å². The SMILES string of the molecule is O=C(NCC(=O)N1CCCC1)c1ccc(Cl)cc1Cl. The predicted octanol–water partition coefficient (Wildman–Crippen LogP) is 2.35. The molecule has 0 aliphatic carbocycles. The van der Waals surface area contributed by atoms with Crippen LogP contribution in [0, 0.1) is 0 Å². The van der Waals surface area contributed by atoms with Gasteiger partial charge in [0.2, 0.25) is 5.91 Å². The Bertz CT molecular complexity index is 499. The van der Waals surface area contributed by atoms with Crippen molar-refractivity contribution >= 4 is 35.0 Å². The summed E-state index contributed by atoms with van der Waals surface area (Å²) in [4.78, 5) is 25.4. The number of amides is 2. The smallest absolute Gasteiger partial charge is 0.253 e. The Morgan fingerprint density at radius 1 is 1.21 bits per heavy atom. The second-order valence-corrected chi connectivity index (χ2v) is 5.24. The standard InChI is InChI=1S/C13H14Cl2N2O2/c14-9-3-4-10(11(15)7-9)13(19)16-8-12(18)17-5-1-2-6-17/h3-4,7H,1-2,5-6,8H2,(H,16,19). The van der Waals surface area contributed by atoms with Gasteiger partial charge in [-0.15, -0.1) is 0 Å². The summed E-state index contributed by atoms with van der Waals surface area (Å²) in [7, 11) is 0. The van der Waals surface area contributed by atoms with E-state index in [-0.39, 0.29) is 23.4 Å². The van der Waals surface area contributed by atoms with Crippen LogP contribution < -0.4 is 5.32 Å². The third-order valence-corrected chi connectivity index (χ3v) is 3.58. The number of carbonyl (C=O) groups excluding carboxylic acids is 2. The third kappa shape index (κ3) is 3.61. The summed E-state index contributed by atoms with van der Waals surface area (Å²) in [6.07, 6.45) is 2.06. The fraction of sp³-hybridized carbons (Fsp3) is 0.385. The van der Waals surface area contributed by atoms with E-state index in [1.807, 2.05) is 0 Å². The van der Waals surface area contributed by atoms with Crippen LogP contribution in [0.25, 0.3) is 0 Å². The van der Waals surface area contributed by atoms with Crippen LogP contribution in [-0.2, 0) is 4.79 Å². The van der Waals surface area contributed by atoms with Gasteiger partial charge in [0.25, 0.3) is 5.91 Å². The molecule has 1 N–H and O–H groups in total. The summed E-state index contributed by atoms with van der Waals surface area (Å²) < 4.78 is 0. The molecule has 0 radical (unpaired) electrons. The molecule has 2 rings (SSSR count). The molecular formula is C13H14Cl2N2O2. The summed E-state index contributed by atoms with van der Waals surface area (Å²) >= 11 is 11.7. The van der Waals surface area contributed by atoms with E-state index in [9.17, 15) is 9.59 Å². The lowest BCUT2D eigenvalue weighted by atomic mass is 10.2. The van der Waals surface area contributed by atoms with E-state index >= 15 is 0 Å². The van der Waals surface area contributed by atoms with E-state index in [0.717, 1.165) is 25.9 Å². The molecule has 1 saturated heterocycles. The first-order chi connectivity index (χ1) is 9.08. The molecule has 1 fully saturated rings. The molecular weight excluding hydrogens is 287 g/mol. The van der Waals surface area contributed by atoms with Crippen molar-refractivity contribution in [2.75, 3.05) is 19.6 Å². The lowest BCUT2D eigenvalue weighted by molar-refractivity contribution is -0.129. The van der Waals surface area contributed by atoms with Crippen molar-refractivity contribution in [3.63, 3.8) is 0 Å². The summed E-state index contributed by atoms with van der Waals surface area (Å²) in [6.45, 7) is 1.55. The highest BCUT2D eigenvalue weighted by molar-refractivity contribution is 6.36. The van der Waals surface area contributed by atoms with Crippen LogP contribution in [0.3, 0.4) is 0 Å². The van der Waals surface area contributed by atoms with Crippen molar-refractivity contribution in [2.45, 2.75) is 12.8 Å². The number of benzene rings is 1. The molecule has 4 nitrogen and oxygen atoms in total. The fourth-order valence-electron chi connectivity index (χ4n) is 2.00. The molecule has 1 aliphatic rings. The summed E-state index contributed by atoms with van der Waals surface area (Å²) in [5.74, 6) is -0.426. The first-order valence-electron chi connectivity index (χ1n) is 6.09. The first-order valence-corrected chi connectivity index (χ1v) is 6.84. The van der Waals surface area contributed by atoms with E-state index in [0.29, 0.717) is 10.6 Å². The van der Waals surface area contributed by atoms with Gasteiger partial charge in [0.1, 0.15) is 0 Å². The average Bonchev–Trinajstić information content (AvgIpc) is 2.89. The molecule has 1 aromatic carbocycles. The van der Waals surface area contributed by atoms with Gasteiger partial charge in [-0.3, -0.25) is 9.59 Å². The average molecular weight is 301 g/mol. The zero-order chi connectivity index (χ0) is 13.8. The molecule has 0 aromatic heterocycles. The van der Waals surface area contributed by atoms with Crippen molar-refractivity contribution in [3.05, 3.63) is 33.8 Å². The highest BCUT2D eigenvalue weighted by atomic mass is 35.5. The van der Waals surface area contributed by atoms with E-state index in [4.69, 9.17) is 23.2 Å². The maximum Gasteiger partial charge on any atom is 0.253 e. The number of hydrogen-bond donors (Lipinski definition) is 1. The van der Waals surface area contributed by atoms with E-state index in [1.54, 1.807) is 17.0 Å². The maximum atomic E-state index is 11.9. The molecule has 6 heteroatoms. The van der Waals surface area contributed by atoms with E-state index < -0.39 is 0 Å². The minimum Gasteiger partial charge on any atom is -0.343 e. The van der Waals surface area contributed by atoms with Gasteiger partial charge in [-0.05, 0) is 31.0 Å². The molecule has 19 heavy (non-hydrogen) atoms. The highest BCUT2D eigenvalue weighted by Gasteiger charge is 2.19. The molecule has 1 heterocycles. The van der Waals surface area contributed by atoms with Crippen LogP contribution >= 0.6 is 23.2 Å². The Balaban J connectivity index is 1.92. The number of hydrogen-bond acceptors (Lipinski definition) is 2. The van der Waals surface area contributed by atoms with Gasteiger partial charge in [-0.2, -0.15) is 0 Å². The first kappa shape index (κ1) is 14.2. The van der Waals surface area contributed by atoms with Gasteiger partial charge in [0.05, 0.1) is 17.1 Å². The van der Waals surface area contributed by atoms with Crippen molar-refractivity contribution in [1.82, 2.24) is 10.2 Å². The van der Waals surface area contributed by atoms with Crippen molar-refractivity contribution in [3.8, 4) is 0 Å². The molecule has 0 unspecified atom stereocenters. The van der Waals surface area contributed by atoms with Crippen LogP contribution in [0.1, 0.15) is 23.2 Å². The number of rotatable bonds is 3. The highest BCUT2D eigenvalue weighted by Crippen LogP contribution is 2.20.